The molecule has 4 nitrogen and oxygen atoms in total. The fraction of sp³-hybridized carbons (Fsp3) is 0.625. The van der Waals surface area contributed by atoms with Gasteiger partial charge in [-0.05, 0) is 51.7 Å². The van der Waals surface area contributed by atoms with Crippen molar-refractivity contribution < 1.29 is 14.3 Å². The van der Waals surface area contributed by atoms with Crippen LogP contribution in [0.3, 0.4) is 0 Å². The monoisotopic (exact) mass is 279 g/mol. The number of rotatable bonds is 9. The van der Waals surface area contributed by atoms with E-state index in [1.54, 1.807) is 0 Å². The van der Waals surface area contributed by atoms with Crippen molar-refractivity contribution in [1.82, 2.24) is 4.98 Å². The molecule has 0 bridgehead atoms. The van der Waals surface area contributed by atoms with E-state index >= 15 is 0 Å². The highest BCUT2D eigenvalue weighted by molar-refractivity contribution is 5.69. The SMILES string of the molecule is CCOC(=O)CCCCCOc1ccc(C)nc1CC. The smallest absolute Gasteiger partial charge is 0.305 e. The average Bonchev–Trinajstić information content (AvgIpc) is 2.44. The van der Waals surface area contributed by atoms with Crippen LogP contribution < -0.4 is 4.74 Å². The summed E-state index contributed by atoms with van der Waals surface area (Å²) in [5.74, 6) is 0.771. The van der Waals surface area contributed by atoms with Gasteiger partial charge >= 0.3 is 5.97 Å². The Bertz CT molecular complexity index is 418. The van der Waals surface area contributed by atoms with Crippen LogP contribution in [0.5, 0.6) is 5.75 Å². The molecule has 20 heavy (non-hydrogen) atoms. The van der Waals surface area contributed by atoms with E-state index in [1.807, 2.05) is 26.0 Å². The van der Waals surface area contributed by atoms with Crippen molar-refractivity contribution in [3.05, 3.63) is 23.5 Å². The van der Waals surface area contributed by atoms with Crippen LogP contribution in [0.1, 0.15) is 50.9 Å². The predicted molar refractivity (Wildman–Crippen MR) is 78.9 cm³/mol. The van der Waals surface area contributed by atoms with E-state index in [4.69, 9.17) is 9.47 Å². The van der Waals surface area contributed by atoms with E-state index in [9.17, 15) is 4.79 Å². The number of aryl methyl sites for hydroxylation is 2. The number of aromatic nitrogens is 1. The summed E-state index contributed by atoms with van der Waals surface area (Å²) in [5.41, 5.74) is 2.03. The molecule has 1 heterocycles. The lowest BCUT2D eigenvalue weighted by molar-refractivity contribution is -0.143. The largest absolute Gasteiger partial charge is 0.492 e. The van der Waals surface area contributed by atoms with Gasteiger partial charge in [0.25, 0.3) is 0 Å². The number of nitrogens with zero attached hydrogens (tertiary/aromatic N) is 1. The van der Waals surface area contributed by atoms with Gasteiger partial charge in [-0.15, -0.1) is 0 Å². The van der Waals surface area contributed by atoms with Crippen LogP contribution in [0.4, 0.5) is 0 Å². The number of hydrogen-bond acceptors (Lipinski definition) is 4. The molecule has 1 aromatic heterocycles. The summed E-state index contributed by atoms with van der Waals surface area (Å²) in [5, 5.41) is 0. The summed E-state index contributed by atoms with van der Waals surface area (Å²) in [4.78, 5) is 15.6. The molecule has 0 aliphatic heterocycles. The third-order valence-corrected chi connectivity index (χ3v) is 2.99. The van der Waals surface area contributed by atoms with E-state index in [-0.39, 0.29) is 5.97 Å². The zero-order chi connectivity index (χ0) is 14.8. The van der Waals surface area contributed by atoms with Crippen LogP contribution in [0, 0.1) is 6.92 Å². The van der Waals surface area contributed by atoms with Crippen molar-refractivity contribution in [2.24, 2.45) is 0 Å². The predicted octanol–water partition coefficient (Wildman–Crippen LogP) is 3.45. The summed E-state index contributed by atoms with van der Waals surface area (Å²) >= 11 is 0. The van der Waals surface area contributed by atoms with Crippen LogP contribution in [0.15, 0.2) is 12.1 Å². The molecule has 0 aliphatic rings. The van der Waals surface area contributed by atoms with Crippen molar-refractivity contribution in [3.63, 3.8) is 0 Å². The summed E-state index contributed by atoms with van der Waals surface area (Å²) < 4.78 is 10.6. The molecule has 0 fully saturated rings. The number of unbranched alkanes of at least 4 members (excludes halogenated alkanes) is 2. The van der Waals surface area contributed by atoms with Gasteiger partial charge in [-0.3, -0.25) is 9.78 Å². The van der Waals surface area contributed by atoms with Gasteiger partial charge in [0.1, 0.15) is 5.75 Å². The number of ether oxygens (including phenoxy) is 2. The molecular formula is C16H25NO3. The molecule has 0 N–H and O–H groups in total. The number of pyridine rings is 1. The quantitative estimate of drug-likeness (QED) is 0.513. The van der Waals surface area contributed by atoms with E-state index in [0.29, 0.717) is 19.6 Å². The van der Waals surface area contributed by atoms with Gasteiger partial charge in [0.15, 0.2) is 0 Å². The first-order valence-electron chi connectivity index (χ1n) is 7.42. The van der Waals surface area contributed by atoms with E-state index in [2.05, 4.69) is 11.9 Å². The summed E-state index contributed by atoms with van der Waals surface area (Å²) in [6, 6.07) is 3.95. The fourth-order valence-corrected chi connectivity index (χ4v) is 1.95. The lowest BCUT2D eigenvalue weighted by Crippen LogP contribution is -2.05. The molecule has 0 unspecified atom stereocenters. The van der Waals surface area contributed by atoms with Crippen LogP contribution in [-0.2, 0) is 16.0 Å². The highest BCUT2D eigenvalue weighted by atomic mass is 16.5. The first-order chi connectivity index (χ1) is 9.67. The first-order valence-corrected chi connectivity index (χ1v) is 7.42. The Hall–Kier alpha value is -1.58. The second-order valence-electron chi connectivity index (χ2n) is 4.72. The number of esters is 1. The molecule has 0 aliphatic carbocycles. The molecule has 1 rings (SSSR count). The maximum absolute atomic E-state index is 11.2. The van der Waals surface area contributed by atoms with Gasteiger partial charge in [-0.2, -0.15) is 0 Å². The zero-order valence-electron chi connectivity index (χ0n) is 12.8. The summed E-state index contributed by atoms with van der Waals surface area (Å²) in [7, 11) is 0. The Morgan fingerprint density at radius 1 is 1.20 bits per heavy atom. The molecule has 0 saturated heterocycles. The lowest BCUT2D eigenvalue weighted by Gasteiger charge is -2.10. The second-order valence-corrected chi connectivity index (χ2v) is 4.72. The van der Waals surface area contributed by atoms with Crippen molar-refractivity contribution in [3.8, 4) is 5.75 Å². The third-order valence-electron chi connectivity index (χ3n) is 2.99. The summed E-state index contributed by atoms with van der Waals surface area (Å²) in [6.07, 6.45) is 4.14. The van der Waals surface area contributed by atoms with Crippen molar-refractivity contribution in [2.75, 3.05) is 13.2 Å². The average molecular weight is 279 g/mol. The van der Waals surface area contributed by atoms with Crippen LogP contribution in [0.25, 0.3) is 0 Å². The molecule has 112 valence electrons. The first kappa shape index (κ1) is 16.5. The zero-order valence-corrected chi connectivity index (χ0v) is 12.8. The van der Waals surface area contributed by atoms with E-state index in [1.165, 1.54) is 0 Å². The van der Waals surface area contributed by atoms with E-state index < -0.39 is 0 Å². The van der Waals surface area contributed by atoms with E-state index in [0.717, 1.165) is 42.8 Å². The molecule has 1 aromatic rings. The highest BCUT2D eigenvalue weighted by Gasteiger charge is 2.04. The van der Waals surface area contributed by atoms with Crippen molar-refractivity contribution in [1.29, 1.82) is 0 Å². The van der Waals surface area contributed by atoms with Crippen LogP contribution >= 0.6 is 0 Å². The van der Waals surface area contributed by atoms with Gasteiger partial charge < -0.3 is 9.47 Å². The van der Waals surface area contributed by atoms with Gasteiger partial charge in [-0.25, -0.2) is 0 Å². The Labute approximate surface area is 121 Å². The minimum atomic E-state index is -0.107. The number of carbonyl (C=O) groups is 1. The lowest BCUT2D eigenvalue weighted by atomic mass is 10.2. The minimum absolute atomic E-state index is 0.107. The molecule has 0 atom stereocenters. The van der Waals surface area contributed by atoms with Gasteiger partial charge in [0.05, 0.1) is 18.9 Å². The topological polar surface area (TPSA) is 48.4 Å². The molecule has 0 spiro atoms. The van der Waals surface area contributed by atoms with Crippen molar-refractivity contribution in [2.45, 2.75) is 52.9 Å². The normalized spacial score (nSPS) is 10.3. The molecular weight excluding hydrogens is 254 g/mol. The maximum atomic E-state index is 11.2. The maximum Gasteiger partial charge on any atom is 0.305 e. The van der Waals surface area contributed by atoms with Crippen molar-refractivity contribution >= 4 is 5.97 Å². The molecule has 0 radical (unpaired) electrons. The van der Waals surface area contributed by atoms with Crippen LogP contribution in [-0.4, -0.2) is 24.2 Å². The molecule has 0 amide bonds. The van der Waals surface area contributed by atoms with Gasteiger partial charge in [0.2, 0.25) is 0 Å². The van der Waals surface area contributed by atoms with Gasteiger partial charge in [0, 0.05) is 12.1 Å². The minimum Gasteiger partial charge on any atom is -0.492 e. The summed E-state index contributed by atoms with van der Waals surface area (Å²) in [6.45, 7) is 7.02. The molecule has 0 saturated carbocycles. The number of hydrogen-bond donors (Lipinski definition) is 0. The number of carbonyl (C=O) groups excluding carboxylic acids is 1. The Balaban J connectivity index is 2.20. The van der Waals surface area contributed by atoms with Crippen LogP contribution in [0.2, 0.25) is 0 Å². The Kier molecular flexibility index (Phi) is 7.70. The Morgan fingerprint density at radius 3 is 2.70 bits per heavy atom. The van der Waals surface area contributed by atoms with Gasteiger partial charge in [-0.1, -0.05) is 6.92 Å². The fourth-order valence-electron chi connectivity index (χ4n) is 1.95. The standard InChI is InChI=1S/C16H25NO3/c1-4-14-15(11-10-13(3)17-14)20-12-8-6-7-9-16(18)19-5-2/h10-11H,4-9,12H2,1-3H3. The third kappa shape index (κ3) is 6.04. The molecule has 4 heteroatoms. The Morgan fingerprint density at radius 2 is 2.00 bits per heavy atom. The highest BCUT2D eigenvalue weighted by Crippen LogP contribution is 2.18. The second kappa shape index (κ2) is 9.34. The molecule has 0 aromatic carbocycles.